The van der Waals surface area contributed by atoms with Crippen molar-refractivity contribution in [2.45, 2.75) is 42.4 Å². The first-order chi connectivity index (χ1) is 8.31. The molecule has 0 radical (unpaired) electrons. The Labute approximate surface area is 115 Å². The van der Waals surface area contributed by atoms with Crippen LogP contribution in [0.3, 0.4) is 0 Å². The number of hydrogen-bond acceptors (Lipinski definition) is 3. The van der Waals surface area contributed by atoms with E-state index >= 15 is 0 Å². The van der Waals surface area contributed by atoms with Crippen molar-refractivity contribution < 1.29 is 0 Å². The van der Waals surface area contributed by atoms with Crippen molar-refractivity contribution in [2.24, 2.45) is 5.92 Å². The third kappa shape index (κ3) is 3.46. The smallest absolute Gasteiger partial charge is 0.110 e. The minimum Gasteiger partial charge on any atom is -0.249 e. The zero-order chi connectivity index (χ0) is 12.1. The van der Waals surface area contributed by atoms with Gasteiger partial charge in [-0.25, -0.2) is 4.98 Å². The Morgan fingerprint density at radius 1 is 1.35 bits per heavy atom. The molecular weight excluding hydrogens is 296 g/mol. The van der Waals surface area contributed by atoms with Crippen molar-refractivity contribution in [2.75, 3.05) is 0 Å². The molecule has 1 heterocycles. The lowest BCUT2D eigenvalue weighted by Gasteiger charge is -2.18. The maximum absolute atomic E-state index is 9.24. The van der Waals surface area contributed by atoms with E-state index in [9.17, 15) is 5.26 Å². The number of halogens is 1. The van der Waals surface area contributed by atoms with Crippen LogP contribution in [0.2, 0.25) is 0 Å². The Morgan fingerprint density at radius 3 is 2.94 bits per heavy atom. The highest BCUT2D eigenvalue weighted by molar-refractivity contribution is 9.10. The number of rotatable bonds is 2. The maximum atomic E-state index is 9.24. The predicted octanol–water partition coefficient (Wildman–Crippen LogP) is 4.41. The van der Waals surface area contributed by atoms with Crippen LogP contribution < -0.4 is 0 Å². The van der Waals surface area contributed by atoms with E-state index in [0.717, 1.165) is 22.3 Å². The van der Waals surface area contributed by atoms with Crippen LogP contribution >= 0.6 is 27.7 Å². The van der Waals surface area contributed by atoms with Crippen molar-refractivity contribution in [1.29, 1.82) is 5.26 Å². The number of hydrogen-bond donors (Lipinski definition) is 0. The number of aromatic nitrogens is 1. The molecule has 17 heavy (non-hydrogen) atoms. The van der Waals surface area contributed by atoms with Gasteiger partial charge in [-0.2, -0.15) is 5.26 Å². The highest BCUT2D eigenvalue weighted by Gasteiger charge is 2.25. The molecule has 1 aliphatic carbocycles. The van der Waals surface area contributed by atoms with E-state index in [1.807, 2.05) is 18.3 Å². The van der Waals surface area contributed by atoms with E-state index in [-0.39, 0.29) is 5.92 Å². The molecule has 1 saturated carbocycles. The van der Waals surface area contributed by atoms with E-state index in [0.29, 0.717) is 5.25 Å². The van der Waals surface area contributed by atoms with Crippen LogP contribution in [0.5, 0.6) is 0 Å². The van der Waals surface area contributed by atoms with Gasteiger partial charge in [-0.3, -0.25) is 0 Å². The van der Waals surface area contributed by atoms with Gasteiger partial charge in [-0.1, -0.05) is 19.3 Å². The first-order valence-electron chi connectivity index (χ1n) is 5.98. The van der Waals surface area contributed by atoms with Gasteiger partial charge in [-0.05, 0) is 40.9 Å². The maximum Gasteiger partial charge on any atom is 0.110 e. The molecule has 4 heteroatoms. The second kappa shape index (κ2) is 6.42. The highest BCUT2D eigenvalue weighted by atomic mass is 79.9. The highest BCUT2D eigenvalue weighted by Crippen LogP contribution is 2.37. The van der Waals surface area contributed by atoms with Crippen LogP contribution in [-0.4, -0.2) is 10.2 Å². The topological polar surface area (TPSA) is 36.7 Å². The lowest BCUT2D eigenvalue weighted by atomic mass is 10.0. The van der Waals surface area contributed by atoms with E-state index < -0.39 is 0 Å². The van der Waals surface area contributed by atoms with Crippen LogP contribution in [0.15, 0.2) is 27.8 Å². The van der Waals surface area contributed by atoms with Crippen LogP contribution in [0.25, 0.3) is 0 Å². The Kier molecular flexibility index (Phi) is 4.87. The lowest BCUT2D eigenvalue weighted by Crippen LogP contribution is -2.14. The summed E-state index contributed by atoms with van der Waals surface area (Å²) in [6.07, 6.45) is 7.67. The van der Waals surface area contributed by atoms with E-state index in [1.165, 1.54) is 19.3 Å². The lowest BCUT2D eigenvalue weighted by molar-refractivity contribution is 0.584. The summed E-state index contributed by atoms with van der Waals surface area (Å²) in [4.78, 5) is 4.38. The summed E-state index contributed by atoms with van der Waals surface area (Å²) >= 11 is 5.27. The average molecular weight is 311 g/mol. The minimum atomic E-state index is 0.177. The SMILES string of the molecule is N#CC1CCCCCC1Sc1ncccc1Br. The molecule has 90 valence electrons. The molecule has 0 spiro atoms. The average Bonchev–Trinajstić information content (AvgIpc) is 2.57. The molecule has 0 saturated heterocycles. The van der Waals surface area contributed by atoms with Crippen molar-refractivity contribution in [3.8, 4) is 6.07 Å². The summed E-state index contributed by atoms with van der Waals surface area (Å²) in [5.41, 5.74) is 0. The normalized spacial score (nSPS) is 24.9. The van der Waals surface area contributed by atoms with Crippen LogP contribution in [0, 0.1) is 17.2 Å². The fraction of sp³-hybridized carbons (Fsp3) is 0.538. The molecule has 1 fully saturated rings. The molecule has 1 aromatic heterocycles. The van der Waals surface area contributed by atoms with Gasteiger partial charge in [0.05, 0.1) is 12.0 Å². The van der Waals surface area contributed by atoms with Gasteiger partial charge < -0.3 is 0 Å². The van der Waals surface area contributed by atoms with Crippen molar-refractivity contribution in [3.05, 3.63) is 22.8 Å². The Hall–Kier alpha value is -0.530. The predicted molar refractivity (Wildman–Crippen MR) is 73.8 cm³/mol. The summed E-state index contributed by atoms with van der Waals surface area (Å²) in [6, 6.07) is 6.40. The molecule has 0 aromatic carbocycles. The Morgan fingerprint density at radius 2 is 2.18 bits per heavy atom. The molecule has 1 aromatic rings. The van der Waals surface area contributed by atoms with Crippen LogP contribution in [0.4, 0.5) is 0 Å². The minimum absolute atomic E-state index is 0.177. The molecule has 0 amide bonds. The Balaban J connectivity index is 2.10. The van der Waals surface area contributed by atoms with Gasteiger partial charge in [0.15, 0.2) is 0 Å². The second-order valence-corrected chi connectivity index (χ2v) is 6.40. The molecule has 2 nitrogen and oxygen atoms in total. The molecule has 0 bridgehead atoms. The largest absolute Gasteiger partial charge is 0.249 e. The number of nitriles is 1. The standard InChI is InChI=1S/C13H15BrN2S/c14-11-6-4-8-16-13(11)17-12-7-3-1-2-5-10(12)9-15/h4,6,8,10,12H,1-3,5,7H2. The molecule has 0 N–H and O–H groups in total. The van der Waals surface area contributed by atoms with Gasteiger partial charge in [0.1, 0.15) is 5.03 Å². The van der Waals surface area contributed by atoms with E-state index in [4.69, 9.17) is 0 Å². The first-order valence-corrected chi connectivity index (χ1v) is 7.65. The summed E-state index contributed by atoms with van der Waals surface area (Å²) in [5, 5.41) is 10.6. The summed E-state index contributed by atoms with van der Waals surface area (Å²) < 4.78 is 1.03. The first kappa shape index (κ1) is 12.9. The molecule has 2 rings (SSSR count). The summed E-state index contributed by atoms with van der Waals surface area (Å²) in [6.45, 7) is 0. The van der Waals surface area contributed by atoms with Crippen LogP contribution in [-0.2, 0) is 0 Å². The third-order valence-corrected chi connectivity index (χ3v) is 5.42. The van der Waals surface area contributed by atoms with Gasteiger partial charge in [0, 0.05) is 15.9 Å². The zero-order valence-electron chi connectivity index (χ0n) is 9.60. The van der Waals surface area contributed by atoms with Crippen molar-refractivity contribution in [3.63, 3.8) is 0 Å². The van der Waals surface area contributed by atoms with E-state index in [2.05, 4.69) is 27.0 Å². The van der Waals surface area contributed by atoms with Crippen molar-refractivity contribution in [1.82, 2.24) is 4.98 Å². The summed E-state index contributed by atoms with van der Waals surface area (Å²) in [5.74, 6) is 0.177. The molecule has 0 aliphatic heterocycles. The number of pyridine rings is 1. The van der Waals surface area contributed by atoms with Gasteiger partial charge in [0.25, 0.3) is 0 Å². The fourth-order valence-electron chi connectivity index (χ4n) is 2.16. The van der Waals surface area contributed by atoms with Crippen LogP contribution in [0.1, 0.15) is 32.1 Å². The summed E-state index contributed by atoms with van der Waals surface area (Å²) in [7, 11) is 0. The monoisotopic (exact) mass is 310 g/mol. The number of thioether (sulfide) groups is 1. The molecule has 1 aliphatic rings. The fourth-order valence-corrected chi connectivity index (χ4v) is 3.93. The van der Waals surface area contributed by atoms with Gasteiger partial charge in [-0.15, -0.1) is 11.8 Å². The third-order valence-electron chi connectivity index (χ3n) is 3.11. The molecule has 2 unspecified atom stereocenters. The Bertz CT molecular complexity index is 416. The van der Waals surface area contributed by atoms with Gasteiger partial charge in [0.2, 0.25) is 0 Å². The molecular formula is C13H15BrN2S. The quantitative estimate of drug-likeness (QED) is 0.759. The molecule has 2 atom stereocenters. The van der Waals surface area contributed by atoms with Gasteiger partial charge >= 0.3 is 0 Å². The zero-order valence-corrected chi connectivity index (χ0v) is 12.0. The van der Waals surface area contributed by atoms with E-state index in [1.54, 1.807) is 11.8 Å². The number of nitrogens with zero attached hydrogens (tertiary/aromatic N) is 2. The van der Waals surface area contributed by atoms with Crippen molar-refractivity contribution >= 4 is 27.7 Å². The second-order valence-electron chi connectivity index (χ2n) is 4.32.